The first kappa shape index (κ1) is 21.3. The van der Waals surface area contributed by atoms with Crippen molar-refractivity contribution in [2.45, 2.75) is 19.5 Å². The molecule has 1 aliphatic heterocycles. The second kappa shape index (κ2) is 9.08. The van der Waals surface area contributed by atoms with E-state index in [9.17, 15) is 14.9 Å². The lowest BCUT2D eigenvalue weighted by atomic mass is 10.1. The fourth-order valence-electron chi connectivity index (χ4n) is 3.77. The van der Waals surface area contributed by atoms with Gasteiger partial charge in [0, 0.05) is 44.9 Å². The first-order valence-corrected chi connectivity index (χ1v) is 11.2. The Balaban J connectivity index is 1.40. The van der Waals surface area contributed by atoms with Crippen LogP contribution in [0.2, 0.25) is 0 Å². The highest BCUT2D eigenvalue weighted by molar-refractivity contribution is 7.71. The van der Waals surface area contributed by atoms with Crippen LogP contribution in [0.25, 0.3) is 10.7 Å². The zero-order valence-corrected chi connectivity index (χ0v) is 18.6. The normalized spacial score (nSPS) is 15.7. The van der Waals surface area contributed by atoms with E-state index in [1.54, 1.807) is 28.0 Å². The summed E-state index contributed by atoms with van der Waals surface area (Å²) < 4.78 is 2.20. The molecule has 1 amide bonds. The largest absolute Gasteiger partial charge is 0.338 e. The van der Waals surface area contributed by atoms with Gasteiger partial charge in [-0.05, 0) is 36.2 Å². The van der Waals surface area contributed by atoms with Crippen molar-refractivity contribution in [2.24, 2.45) is 0 Å². The number of thiophene rings is 1. The van der Waals surface area contributed by atoms with Crippen LogP contribution in [0.4, 0.5) is 5.69 Å². The van der Waals surface area contributed by atoms with E-state index in [1.165, 1.54) is 6.07 Å². The monoisotopic (exact) mass is 458 g/mol. The van der Waals surface area contributed by atoms with Crippen LogP contribution in [0.5, 0.6) is 0 Å². The van der Waals surface area contributed by atoms with Gasteiger partial charge in [0.2, 0.25) is 5.91 Å². The minimum atomic E-state index is -0.466. The Labute approximate surface area is 188 Å². The van der Waals surface area contributed by atoms with Gasteiger partial charge in [0.05, 0.1) is 9.80 Å². The second-order valence-corrected chi connectivity index (χ2v) is 8.74. The Hall–Kier alpha value is -2.89. The standard InChI is InChI=1S/C20H22N6O3S2/c1-14(25-18(21-22-20(25)30)17-6-3-11-31-17)19(27)24-9-7-23(8-10-24)13-15-4-2-5-16(12-15)26(28)29/h2-6,11-12,14H,7-10,13H2,1H3,(H,22,30). The van der Waals surface area contributed by atoms with E-state index in [1.807, 2.05) is 35.4 Å². The number of H-pyrrole nitrogens is 1. The van der Waals surface area contributed by atoms with E-state index in [2.05, 4.69) is 15.1 Å². The zero-order chi connectivity index (χ0) is 22.0. The minimum Gasteiger partial charge on any atom is -0.338 e. The summed E-state index contributed by atoms with van der Waals surface area (Å²) in [4.78, 5) is 28.8. The van der Waals surface area contributed by atoms with E-state index < -0.39 is 6.04 Å². The van der Waals surface area contributed by atoms with Crippen molar-refractivity contribution in [3.63, 3.8) is 0 Å². The van der Waals surface area contributed by atoms with E-state index in [0.717, 1.165) is 10.4 Å². The minimum absolute atomic E-state index is 0.00491. The van der Waals surface area contributed by atoms with Gasteiger partial charge in [0.15, 0.2) is 10.6 Å². The number of nitro benzene ring substituents is 1. The first-order valence-electron chi connectivity index (χ1n) is 9.89. The topological polar surface area (TPSA) is 100 Å². The third-order valence-corrected chi connectivity index (χ3v) is 6.56. The maximum Gasteiger partial charge on any atom is 0.269 e. The average Bonchev–Trinajstić information content (AvgIpc) is 3.43. The number of non-ortho nitro benzene ring substituents is 1. The molecule has 11 heteroatoms. The Morgan fingerprint density at radius 1 is 1.29 bits per heavy atom. The third-order valence-electron chi connectivity index (χ3n) is 5.40. The molecule has 31 heavy (non-hydrogen) atoms. The molecule has 3 heterocycles. The highest BCUT2D eigenvalue weighted by Gasteiger charge is 2.28. The lowest BCUT2D eigenvalue weighted by Gasteiger charge is -2.36. The molecule has 1 fully saturated rings. The van der Waals surface area contributed by atoms with Crippen molar-refractivity contribution in [2.75, 3.05) is 26.2 Å². The Bertz CT molecular complexity index is 1130. The Kier molecular flexibility index (Phi) is 6.25. The van der Waals surface area contributed by atoms with Crippen LogP contribution >= 0.6 is 23.6 Å². The van der Waals surface area contributed by atoms with Crippen molar-refractivity contribution in [1.29, 1.82) is 0 Å². The van der Waals surface area contributed by atoms with Gasteiger partial charge in [0.1, 0.15) is 6.04 Å². The van der Waals surface area contributed by atoms with Crippen molar-refractivity contribution in [3.8, 4) is 10.7 Å². The molecule has 1 aliphatic rings. The lowest BCUT2D eigenvalue weighted by Crippen LogP contribution is -2.50. The Morgan fingerprint density at radius 2 is 2.06 bits per heavy atom. The quantitative estimate of drug-likeness (QED) is 0.345. The number of benzene rings is 1. The number of hydrogen-bond donors (Lipinski definition) is 1. The maximum atomic E-state index is 13.2. The van der Waals surface area contributed by atoms with Gasteiger partial charge >= 0.3 is 0 Å². The van der Waals surface area contributed by atoms with Crippen LogP contribution in [0.3, 0.4) is 0 Å². The van der Waals surface area contributed by atoms with Gasteiger partial charge < -0.3 is 4.90 Å². The SMILES string of the molecule is CC(C(=O)N1CCN(Cc2cccc([N+](=O)[O-])c2)CC1)n1c(-c2cccs2)n[nH]c1=S. The summed E-state index contributed by atoms with van der Waals surface area (Å²) in [7, 11) is 0. The summed E-state index contributed by atoms with van der Waals surface area (Å²) in [5.41, 5.74) is 0.992. The predicted molar refractivity (Wildman–Crippen MR) is 120 cm³/mol. The number of nitro groups is 1. The number of piperazine rings is 1. The smallest absolute Gasteiger partial charge is 0.269 e. The van der Waals surface area contributed by atoms with Gasteiger partial charge in [-0.2, -0.15) is 5.10 Å². The van der Waals surface area contributed by atoms with Crippen LogP contribution in [0.1, 0.15) is 18.5 Å². The van der Waals surface area contributed by atoms with Crippen molar-refractivity contribution in [3.05, 3.63) is 62.2 Å². The molecule has 4 rings (SSSR count). The van der Waals surface area contributed by atoms with Gasteiger partial charge in [-0.1, -0.05) is 18.2 Å². The third kappa shape index (κ3) is 4.58. The van der Waals surface area contributed by atoms with E-state index in [-0.39, 0.29) is 16.5 Å². The second-order valence-electron chi connectivity index (χ2n) is 7.40. The average molecular weight is 459 g/mol. The number of nitrogens with one attached hydrogen (secondary N) is 1. The molecule has 3 aromatic rings. The fourth-order valence-corrected chi connectivity index (χ4v) is 4.77. The number of carbonyl (C=O) groups is 1. The van der Waals surface area contributed by atoms with Crippen molar-refractivity contribution >= 4 is 35.1 Å². The highest BCUT2D eigenvalue weighted by Crippen LogP contribution is 2.26. The van der Waals surface area contributed by atoms with Gasteiger partial charge in [-0.15, -0.1) is 11.3 Å². The van der Waals surface area contributed by atoms with Crippen LogP contribution in [-0.2, 0) is 11.3 Å². The molecule has 9 nitrogen and oxygen atoms in total. The first-order chi connectivity index (χ1) is 14.9. The number of carbonyl (C=O) groups excluding carboxylic acids is 1. The van der Waals surface area contributed by atoms with Crippen LogP contribution < -0.4 is 0 Å². The van der Waals surface area contributed by atoms with Gasteiger partial charge in [-0.25, -0.2) is 0 Å². The molecule has 1 aromatic carbocycles. The van der Waals surface area contributed by atoms with E-state index in [4.69, 9.17) is 12.2 Å². The molecule has 1 saturated heterocycles. The molecule has 0 bridgehead atoms. The highest BCUT2D eigenvalue weighted by atomic mass is 32.1. The van der Waals surface area contributed by atoms with E-state index in [0.29, 0.717) is 43.3 Å². The van der Waals surface area contributed by atoms with Crippen molar-refractivity contribution in [1.82, 2.24) is 24.6 Å². The van der Waals surface area contributed by atoms with Crippen LogP contribution in [0.15, 0.2) is 41.8 Å². The molecule has 0 aliphatic carbocycles. The number of nitrogens with zero attached hydrogens (tertiary/aromatic N) is 5. The molecule has 0 radical (unpaired) electrons. The molecular weight excluding hydrogens is 436 g/mol. The van der Waals surface area contributed by atoms with Crippen molar-refractivity contribution < 1.29 is 9.72 Å². The number of hydrogen-bond acceptors (Lipinski definition) is 7. The fraction of sp³-hybridized carbons (Fsp3) is 0.350. The van der Waals surface area contributed by atoms with Crippen LogP contribution in [0, 0.1) is 14.9 Å². The molecule has 0 spiro atoms. The van der Waals surface area contributed by atoms with Gasteiger partial charge in [0.25, 0.3) is 5.69 Å². The molecule has 1 unspecified atom stereocenters. The van der Waals surface area contributed by atoms with Gasteiger partial charge in [-0.3, -0.25) is 29.5 Å². The number of rotatable bonds is 6. The summed E-state index contributed by atoms with van der Waals surface area (Å²) in [6, 6.07) is 10.1. The molecule has 2 aromatic heterocycles. The number of aromatic nitrogens is 3. The Morgan fingerprint density at radius 3 is 2.74 bits per heavy atom. The summed E-state index contributed by atoms with van der Waals surface area (Å²) in [5, 5.41) is 20.1. The summed E-state index contributed by atoms with van der Waals surface area (Å²) >= 11 is 6.94. The summed E-state index contributed by atoms with van der Waals surface area (Å²) in [6.07, 6.45) is 0. The molecule has 1 atom stereocenters. The maximum absolute atomic E-state index is 13.2. The number of amides is 1. The zero-order valence-electron chi connectivity index (χ0n) is 16.9. The molecule has 162 valence electrons. The molecular formula is C20H22N6O3S2. The molecule has 0 saturated carbocycles. The summed E-state index contributed by atoms with van der Waals surface area (Å²) in [5.74, 6) is 0.676. The predicted octanol–water partition coefficient (Wildman–Crippen LogP) is 3.48. The van der Waals surface area contributed by atoms with E-state index >= 15 is 0 Å². The molecule has 1 N–H and O–H groups in total. The van der Waals surface area contributed by atoms with Crippen LogP contribution in [-0.4, -0.2) is 61.6 Å². The lowest BCUT2D eigenvalue weighted by molar-refractivity contribution is -0.384. The number of aromatic amines is 1. The summed E-state index contributed by atoms with van der Waals surface area (Å²) in [6.45, 7) is 5.06.